The van der Waals surface area contributed by atoms with Crippen LogP contribution in [0.15, 0.2) is 148 Å². The zero-order valence-corrected chi connectivity index (χ0v) is 26.3. The molecule has 1 heterocycles. The molecule has 0 saturated heterocycles. The number of benzene rings is 5. The Bertz CT molecular complexity index is 1990. The smallest absolute Gasteiger partial charge is 0.276 e. The van der Waals surface area contributed by atoms with E-state index in [9.17, 15) is 24.5 Å². The molecule has 3 amide bonds. The Hall–Kier alpha value is -5.65. The van der Waals surface area contributed by atoms with Crippen LogP contribution in [0.3, 0.4) is 0 Å². The van der Waals surface area contributed by atoms with E-state index >= 15 is 0 Å². The summed E-state index contributed by atoms with van der Waals surface area (Å²) in [6, 6.07) is 36.8. The second-order valence-electron chi connectivity index (χ2n) is 10.2. The molecule has 47 heavy (non-hydrogen) atoms. The van der Waals surface area contributed by atoms with Crippen LogP contribution in [0, 0.1) is 10.1 Å². The van der Waals surface area contributed by atoms with Gasteiger partial charge in [-0.2, -0.15) is 0 Å². The summed E-state index contributed by atoms with van der Waals surface area (Å²) in [5.74, 6) is -1.18. The number of amides is 3. The molecule has 11 heteroatoms. The number of carbonyl (C=O) groups is 3. The second-order valence-corrected chi connectivity index (χ2v) is 12.4. The van der Waals surface area contributed by atoms with Crippen molar-refractivity contribution in [3.05, 3.63) is 154 Å². The summed E-state index contributed by atoms with van der Waals surface area (Å²) < 4.78 is 0. The minimum atomic E-state index is -0.676. The van der Waals surface area contributed by atoms with Gasteiger partial charge in [-0.1, -0.05) is 72.4 Å². The van der Waals surface area contributed by atoms with Gasteiger partial charge in [-0.25, -0.2) is 0 Å². The van der Waals surface area contributed by atoms with Crippen LogP contribution in [0.25, 0.3) is 6.08 Å². The van der Waals surface area contributed by atoms with Gasteiger partial charge in [0.2, 0.25) is 5.91 Å². The minimum Gasteiger partial charge on any atom is -0.321 e. The van der Waals surface area contributed by atoms with Crippen molar-refractivity contribution in [3.63, 3.8) is 0 Å². The second kappa shape index (κ2) is 14.2. The Kier molecular flexibility index (Phi) is 9.46. The van der Waals surface area contributed by atoms with Gasteiger partial charge in [0.25, 0.3) is 17.5 Å². The molecule has 0 radical (unpaired) electrons. The molecule has 0 unspecified atom stereocenters. The molecule has 5 aromatic rings. The van der Waals surface area contributed by atoms with E-state index in [1.54, 1.807) is 71.3 Å². The predicted molar refractivity (Wildman–Crippen MR) is 185 cm³/mol. The van der Waals surface area contributed by atoms with E-state index < -0.39 is 16.7 Å². The van der Waals surface area contributed by atoms with E-state index in [4.69, 9.17) is 0 Å². The molecule has 0 saturated carbocycles. The van der Waals surface area contributed by atoms with Gasteiger partial charge in [-0.15, -0.1) is 11.8 Å². The predicted octanol–water partition coefficient (Wildman–Crippen LogP) is 7.93. The van der Waals surface area contributed by atoms with Crippen LogP contribution in [-0.4, -0.2) is 28.4 Å². The maximum absolute atomic E-state index is 13.6. The molecule has 0 fully saturated rings. The number of nitrogens with one attached hydrogen (secondary N) is 2. The van der Waals surface area contributed by atoms with E-state index in [1.807, 2.05) is 54.6 Å². The van der Waals surface area contributed by atoms with Gasteiger partial charge in [-0.3, -0.25) is 29.4 Å². The Morgan fingerprint density at radius 1 is 0.787 bits per heavy atom. The zero-order valence-electron chi connectivity index (χ0n) is 24.7. The third kappa shape index (κ3) is 7.27. The van der Waals surface area contributed by atoms with Gasteiger partial charge in [0.1, 0.15) is 5.70 Å². The Balaban J connectivity index is 1.21. The molecule has 6 rings (SSSR count). The first-order chi connectivity index (χ1) is 22.9. The van der Waals surface area contributed by atoms with Crippen molar-refractivity contribution in [3.8, 4) is 0 Å². The summed E-state index contributed by atoms with van der Waals surface area (Å²) in [6.45, 7) is 0. The van der Waals surface area contributed by atoms with Crippen LogP contribution in [0.5, 0.6) is 0 Å². The van der Waals surface area contributed by atoms with Crippen LogP contribution < -0.4 is 15.5 Å². The fourth-order valence-electron chi connectivity index (χ4n) is 4.92. The number of nitro benzene ring substituents is 1. The lowest BCUT2D eigenvalue weighted by molar-refractivity contribution is -0.385. The Morgan fingerprint density at radius 2 is 1.43 bits per heavy atom. The fraction of sp³-hybridized carbons (Fsp3) is 0.0278. The van der Waals surface area contributed by atoms with Gasteiger partial charge < -0.3 is 10.6 Å². The van der Waals surface area contributed by atoms with E-state index in [-0.39, 0.29) is 28.6 Å². The highest BCUT2D eigenvalue weighted by atomic mass is 32.2. The minimum absolute atomic E-state index is 0.0945. The molecule has 232 valence electrons. The number of nitro groups is 1. The summed E-state index contributed by atoms with van der Waals surface area (Å²) >= 11 is 2.96. The summed E-state index contributed by atoms with van der Waals surface area (Å²) in [6.07, 6.45) is 1.28. The van der Waals surface area contributed by atoms with Gasteiger partial charge in [0.05, 0.1) is 27.6 Å². The van der Waals surface area contributed by atoms with Crippen LogP contribution in [0.1, 0.15) is 15.9 Å². The molecule has 2 N–H and O–H groups in total. The number of carbonyl (C=O) groups excluding carboxylic acids is 3. The number of hydrogen-bond acceptors (Lipinski definition) is 7. The summed E-state index contributed by atoms with van der Waals surface area (Å²) in [4.78, 5) is 55.8. The highest BCUT2D eigenvalue weighted by Gasteiger charge is 2.28. The number of thioether (sulfide) groups is 1. The van der Waals surface area contributed by atoms with E-state index in [0.717, 1.165) is 26.1 Å². The number of hydrogen-bond donors (Lipinski definition) is 2. The zero-order chi connectivity index (χ0) is 32.8. The first-order valence-corrected chi connectivity index (χ1v) is 16.2. The lowest BCUT2D eigenvalue weighted by Gasteiger charge is -2.31. The third-order valence-corrected chi connectivity index (χ3v) is 9.21. The number of fused-ring (bicyclic) bond motifs is 2. The van der Waals surface area contributed by atoms with Crippen LogP contribution in [0.2, 0.25) is 0 Å². The summed E-state index contributed by atoms with van der Waals surface area (Å²) in [5, 5.41) is 17.0. The van der Waals surface area contributed by atoms with Crippen LogP contribution in [0.4, 0.5) is 22.7 Å². The molecule has 0 aromatic heterocycles. The van der Waals surface area contributed by atoms with Gasteiger partial charge in [-0.05, 0) is 66.7 Å². The summed E-state index contributed by atoms with van der Waals surface area (Å²) in [5.41, 5.74) is 2.15. The van der Waals surface area contributed by atoms with E-state index in [1.165, 1.54) is 36.0 Å². The number of anilines is 3. The molecule has 9 nitrogen and oxygen atoms in total. The van der Waals surface area contributed by atoms with Gasteiger partial charge in [0.15, 0.2) is 0 Å². The first kappa shape index (κ1) is 31.3. The van der Waals surface area contributed by atoms with Crippen molar-refractivity contribution >= 4 is 70.1 Å². The fourth-order valence-corrected chi connectivity index (χ4v) is 6.78. The van der Waals surface area contributed by atoms with E-state index in [0.29, 0.717) is 11.3 Å². The topological polar surface area (TPSA) is 122 Å². The van der Waals surface area contributed by atoms with Crippen molar-refractivity contribution in [2.75, 3.05) is 16.0 Å². The van der Waals surface area contributed by atoms with Crippen LogP contribution in [-0.2, 0) is 9.59 Å². The van der Waals surface area contributed by atoms with Gasteiger partial charge in [0, 0.05) is 32.0 Å². The molecule has 5 aromatic carbocycles. The first-order valence-electron chi connectivity index (χ1n) is 14.4. The quantitative estimate of drug-likeness (QED) is 0.0714. The Labute approximate surface area is 278 Å². The van der Waals surface area contributed by atoms with Crippen LogP contribution >= 0.6 is 23.5 Å². The lowest BCUT2D eigenvalue weighted by atomic mass is 10.1. The maximum Gasteiger partial charge on any atom is 0.276 e. The van der Waals surface area contributed by atoms with E-state index in [2.05, 4.69) is 10.6 Å². The molecular formula is C36H26N4O5S2. The maximum atomic E-state index is 13.6. The van der Waals surface area contributed by atoms with Crippen molar-refractivity contribution in [1.82, 2.24) is 5.32 Å². The molecule has 0 atom stereocenters. The van der Waals surface area contributed by atoms with Crippen molar-refractivity contribution in [1.29, 1.82) is 0 Å². The largest absolute Gasteiger partial charge is 0.321 e. The molecule has 1 aliphatic rings. The van der Waals surface area contributed by atoms with Crippen molar-refractivity contribution in [2.24, 2.45) is 0 Å². The number of para-hydroxylation sites is 3. The standard InChI is InChI=1S/C36H26N4O5S2/c41-34(39-30-17-6-8-19-32(30)47-33-20-9-7-18-31(33)39)23-46-27-15-10-14-26(22-27)37-36(43)28(38-35(42)24-11-2-1-3-12-24)21-25-13-4-5-16-29(25)40(44)45/h1-22H,23H2,(H,37,43)(H,38,42)/b28-21+. The Morgan fingerprint density at radius 3 is 2.13 bits per heavy atom. The highest BCUT2D eigenvalue weighted by Crippen LogP contribution is 2.48. The van der Waals surface area contributed by atoms with Crippen molar-refractivity contribution < 1.29 is 19.3 Å². The molecule has 1 aliphatic heterocycles. The monoisotopic (exact) mass is 658 g/mol. The lowest BCUT2D eigenvalue weighted by Crippen LogP contribution is -2.30. The molecular weight excluding hydrogens is 633 g/mol. The molecule has 0 spiro atoms. The SMILES string of the molecule is O=C(Nc1cccc(SCC(=O)N2c3ccccc3Sc3ccccc32)c1)/C(=C\c1ccccc1[N+](=O)[O-])NC(=O)c1ccccc1. The average Bonchev–Trinajstić information content (AvgIpc) is 3.09. The van der Waals surface area contributed by atoms with Gasteiger partial charge >= 0.3 is 0 Å². The van der Waals surface area contributed by atoms with Crippen molar-refractivity contribution in [2.45, 2.75) is 14.7 Å². The molecule has 0 aliphatic carbocycles. The summed E-state index contributed by atoms with van der Waals surface area (Å²) in [7, 11) is 0. The number of nitrogens with zero attached hydrogens (tertiary/aromatic N) is 2. The average molecular weight is 659 g/mol. The molecule has 0 bridgehead atoms. The third-order valence-electron chi connectivity index (χ3n) is 7.10. The normalized spacial score (nSPS) is 12.0. The highest BCUT2D eigenvalue weighted by molar-refractivity contribution is 8.00. The number of rotatable bonds is 9.